The van der Waals surface area contributed by atoms with Crippen LogP contribution in [-0.4, -0.2) is 18.0 Å². The van der Waals surface area contributed by atoms with Crippen LogP contribution >= 0.6 is 11.8 Å². The molecule has 0 heterocycles. The Balaban J connectivity index is 2.89. The van der Waals surface area contributed by atoms with E-state index >= 15 is 0 Å². The van der Waals surface area contributed by atoms with E-state index in [-0.39, 0.29) is 6.61 Å². The first kappa shape index (κ1) is 9.62. The first-order valence-electron chi connectivity index (χ1n) is 4.02. The van der Waals surface area contributed by atoms with Gasteiger partial charge in [-0.25, -0.2) is 0 Å². The number of hydrogen-bond acceptors (Lipinski definition) is 2. The van der Waals surface area contributed by atoms with Crippen LogP contribution in [0.1, 0.15) is 11.1 Å². The van der Waals surface area contributed by atoms with E-state index in [9.17, 15) is 0 Å². The van der Waals surface area contributed by atoms with E-state index in [4.69, 9.17) is 5.11 Å². The molecule has 0 spiro atoms. The average Bonchev–Trinajstić information content (AvgIpc) is 2.09. The highest BCUT2D eigenvalue weighted by Crippen LogP contribution is 2.21. The van der Waals surface area contributed by atoms with Gasteiger partial charge in [-0.3, -0.25) is 0 Å². The third-order valence-corrected chi connectivity index (χ3v) is 2.75. The van der Waals surface area contributed by atoms with Crippen molar-refractivity contribution in [2.24, 2.45) is 0 Å². The van der Waals surface area contributed by atoms with Crippen LogP contribution in [-0.2, 0) is 6.42 Å². The molecule has 0 aliphatic heterocycles. The van der Waals surface area contributed by atoms with Gasteiger partial charge in [-0.05, 0) is 36.8 Å². The SMILES string of the molecule is CSc1cc(CCO)ccc1C. The molecular weight excluding hydrogens is 168 g/mol. The molecule has 0 radical (unpaired) electrons. The van der Waals surface area contributed by atoms with Gasteiger partial charge in [-0.15, -0.1) is 11.8 Å². The highest BCUT2D eigenvalue weighted by atomic mass is 32.2. The Morgan fingerprint density at radius 3 is 2.75 bits per heavy atom. The molecule has 1 aromatic rings. The van der Waals surface area contributed by atoms with Gasteiger partial charge in [-0.2, -0.15) is 0 Å². The number of aryl methyl sites for hydroxylation is 1. The van der Waals surface area contributed by atoms with Crippen molar-refractivity contribution in [2.75, 3.05) is 12.9 Å². The monoisotopic (exact) mass is 182 g/mol. The Morgan fingerprint density at radius 2 is 2.17 bits per heavy atom. The van der Waals surface area contributed by atoms with Crippen molar-refractivity contribution < 1.29 is 5.11 Å². The van der Waals surface area contributed by atoms with Crippen LogP contribution in [0.3, 0.4) is 0 Å². The smallest absolute Gasteiger partial charge is 0.0471 e. The van der Waals surface area contributed by atoms with Gasteiger partial charge in [0.15, 0.2) is 0 Å². The van der Waals surface area contributed by atoms with Gasteiger partial charge in [0.2, 0.25) is 0 Å². The molecule has 12 heavy (non-hydrogen) atoms. The summed E-state index contributed by atoms with van der Waals surface area (Å²) in [4.78, 5) is 1.31. The minimum Gasteiger partial charge on any atom is -0.396 e. The van der Waals surface area contributed by atoms with Crippen LogP contribution in [0.15, 0.2) is 23.1 Å². The van der Waals surface area contributed by atoms with E-state index in [1.807, 2.05) is 0 Å². The number of benzene rings is 1. The standard InChI is InChI=1S/C10H14OS/c1-8-3-4-9(5-6-11)7-10(8)12-2/h3-4,7,11H,5-6H2,1-2H3. The van der Waals surface area contributed by atoms with Crippen molar-refractivity contribution in [3.05, 3.63) is 29.3 Å². The molecule has 1 aromatic carbocycles. The lowest BCUT2D eigenvalue weighted by Gasteiger charge is -2.04. The molecule has 1 rings (SSSR count). The average molecular weight is 182 g/mol. The molecule has 2 heteroatoms. The highest BCUT2D eigenvalue weighted by Gasteiger charge is 1.98. The topological polar surface area (TPSA) is 20.2 Å². The summed E-state index contributed by atoms with van der Waals surface area (Å²) in [6.45, 7) is 2.34. The maximum absolute atomic E-state index is 8.75. The van der Waals surface area contributed by atoms with Crippen LogP contribution < -0.4 is 0 Å². The number of thioether (sulfide) groups is 1. The summed E-state index contributed by atoms with van der Waals surface area (Å²) < 4.78 is 0. The molecule has 0 unspecified atom stereocenters. The van der Waals surface area contributed by atoms with E-state index in [2.05, 4.69) is 31.4 Å². The first-order chi connectivity index (χ1) is 5.77. The van der Waals surface area contributed by atoms with Gasteiger partial charge in [0, 0.05) is 11.5 Å². The van der Waals surface area contributed by atoms with Crippen molar-refractivity contribution in [3.63, 3.8) is 0 Å². The van der Waals surface area contributed by atoms with Crippen molar-refractivity contribution in [1.82, 2.24) is 0 Å². The number of rotatable bonds is 3. The van der Waals surface area contributed by atoms with Gasteiger partial charge in [0.1, 0.15) is 0 Å². The molecular formula is C10H14OS. The summed E-state index contributed by atoms with van der Waals surface area (Å²) in [7, 11) is 0. The van der Waals surface area contributed by atoms with E-state index < -0.39 is 0 Å². The largest absolute Gasteiger partial charge is 0.396 e. The maximum atomic E-state index is 8.75. The number of aliphatic hydroxyl groups is 1. The van der Waals surface area contributed by atoms with Crippen LogP contribution in [0.2, 0.25) is 0 Å². The third kappa shape index (κ3) is 2.26. The van der Waals surface area contributed by atoms with E-state index in [0.717, 1.165) is 6.42 Å². The molecule has 0 saturated carbocycles. The fraction of sp³-hybridized carbons (Fsp3) is 0.400. The highest BCUT2D eigenvalue weighted by molar-refractivity contribution is 7.98. The maximum Gasteiger partial charge on any atom is 0.0471 e. The lowest BCUT2D eigenvalue weighted by Crippen LogP contribution is -1.91. The summed E-state index contributed by atoms with van der Waals surface area (Å²) in [6.07, 6.45) is 2.83. The molecule has 66 valence electrons. The lowest BCUT2D eigenvalue weighted by atomic mass is 10.1. The Bertz CT molecular complexity index is 258. The summed E-state index contributed by atoms with van der Waals surface area (Å²) in [6, 6.07) is 6.33. The molecule has 0 aliphatic carbocycles. The number of hydrogen-bond donors (Lipinski definition) is 1. The van der Waals surface area contributed by atoms with Crippen molar-refractivity contribution in [2.45, 2.75) is 18.2 Å². The Kier molecular flexibility index (Phi) is 3.63. The predicted molar refractivity (Wildman–Crippen MR) is 53.7 cm³/mol. The summed E-state index contributed by atoms with van der Waals surface area (Å²) >= 11 is 1.75. The molecule has 0 aromatic heterocycles. The fourth-order valence-corrected chi connectivity index (χ4v) is 1.81. The van der Waals surface area contributed by atoms with E-state index in [1.54, 1.807) is 11.8 Å². The Hall–Kier alpha value is -0.470. The van der Waals surface area contributed by atoms with Crippen LogP contribution in [0.25, 0.3) is 0 Å². The van der Waals surface area contributed by atoms with Crippen molar-refractivity contribution in [3.8, 4) is 0 Å². The molecule has 0 amide bonds. The molecule has 1 N–H and O–H groups in total. The van der Waals surface area contributed by atoms with Gasteiger partial charge >= 0.3 is 0 Å². The van der Waals surface area contributed by atoms with Crippen molar-refractivity contribution in [1.29, 1.82) is 0 Å². The summed E-state index contributed by atoms with van der Waals surface area (Å²) in [5, 5.41) is 8.75. The van der Waals surface area contributed by atoms with Gasteiger partial charge in [0.25, 0.3) is 0 Å². The van der Waals surface area contributed by atoms with E-state index in [1.165, 1.54) is 16.0 Å². The van der Waals surface area contributed by atoms with Gasteiger partial charge < -0.3 is 5.11 Å². The Morgan fingerprint density at radius 1 is 1.42 bits per heavy atom. The normalized spacial score (nSPS) is 10.2. The zero-order chi connectivity index (χ0) is 8.97. The Labute approximate surface area is 77.8 Å². The second-order valence-electron chi connectivity index (χ2n) is 2.78. The third-order valence-electron chi connectivity index (χ3n) is 1.87. The van der Waals surface area contributed by atoms with Crippen LogP contribution in [0.4, 0.5) is 0 Å². The minimum absolute atomic E-state index is 0.233. The fourth-order valence-electron chi connectivity index (χ4n) is 1.15. The molecule has 0 atom stereocenters. The quantitative estimate of drug-likeness (QED) is 0.723. The lowest BCUT2D eigenvalue weighted by molar-refractivity contribution is 0.299. The van der Waals surface area contributed by atoms with Gasteiger partial charge in [0.05, 0.1) is 0 Å². The first-order valence-corrected chi connectivity index (χ1v) is 5.24. The molecule has 0 bridgehead atoms. The zero-order valence-corrected chi connectivity index (χ0v) is 8.32. The summed E-state index contributed by atoms with van der Waals surface area (Å²) in [5.41, 5.74) is 2.52. The number of aliphatic hydroxyl groups excluding tert-OH is 1. The van der Waals surface area contributed by atoms with Crippen LogP contribution in [0, 0.1) is 6.92 Å². The molecule has 0 fully saturated rings. The summed E-state index contributed by atoms with van der Waals surface area (Å²) in [5.74, 6) is 0. The van der Waals surface area contributed by atoms with E-state index in [0.29, 0.717) is 0 Å². The second kappa shape index (κ2) is 4.53. The van der Waals surface area contributed by atoms with Crippen LogP contribution in [0.5, 0.6) is 0 Å². The van der Waals surface area contributed by atoms with Crippen molar-refractivity contribution >= 4 is 11.8 Å². The predicted octanol–water partition coefficient (Wildman–Crippen LogP) is 2.25. The zero-order valence-electron chi connectivity index (χ0n) is 7.50. The molecule has 1 nitrogen and oxygen atoms in total. The van der Waals surface area contributed by atoms with Gasteiger partial charge in [-0.1, -0.05) is 12.1 Å². The minimum atomic E-state index is 0.233. The molecule has 0 aliphatic rings. The second-order valence-corrected chi connectivity index (χ2v) is 3.63. The molecule has 0 saturated heterocycles.